The summed E-state index contributed by atoms with van der Waals surface area (Å²) in [5.74, 6) is 0. The molecule has 3 aromatic rings. The lowest BCUT2D eigenvalue weighted by Crippen LogP contribution is -2.10. The van der Waals surface area contributed by atoms with Crippen molar-refractivity contribution in [2.75, 3.05) is 6.54 Å². The normalized spacial score (nSPS) is 11.2. The number of aromatic nitrogens is 1. The number of benzene rings is 1. The first-order valence-electron chi connectivity index (χ1n) is 6.00. The van der Waals surface area contributed by atoms with Gasteiger partial charge in [0.2, 0.25) is 0 Å². The van der Waals surface area contributed by atoms with Crippen molar-refractivity contribution in [2.45, 2.75) is 13.5 Å². The van der Waals surface area contributed by atoms with Gasteiger partial charge in [-0.05, 0) is 12.6 Å². The standard InChI is InChI=1S/C14H14N2S2/c1-2-15-7-10-8-16-14(18-10)12-9-17-13-6-4-3-5-11(12)13/h3-6,8-9,15H,2,7H2,1H3. The average Bonchev–Trinajstić information content (AvgIpc) is 3.02. The lowest BCUT2D eigenvalue weighted by Gasteiger charge is -1.95. The van der Waals surface area contributed by atoms with Gasteiger partial charge in [-0.1, -0.05) is 25.1 Å². The van der Waals surface area contributed by atoms with Crippen LogP contribution in [0.5, 0.6) is 0 Å². The van der Waals surface area contributed by atoms with Crippen molar-refractivity contribution < 1.29 is 0 Å². The minimum atomic E-state index is 0.913. The zero-order chi connectivity index (χ0) is 12.4. The van der Waals surface area contributed by atoms with E-state index in [1.165, 1.54) is 20.5 Å². The highest BCUT2D eigenvalue weighted by Crippen LogP contribution is 2.35. The van der Waals surface area contributed by atoms with Crippen LogP contribution in [0, 0.1) is 0 Å². The van der Waals surface area contributed by atoms with Crippen LogP contribution in [0.1, 0.15) is 11.8 Å². The molecule has 0 atom stereocenters. The number of fused-ring (bicyclic) bond motifs is 1. The van der Waals surface area contributed by atoms with Crippen LogP contribution in [0.3, 0.4) is 0 Å². The van der Waals surface area contributed by atoms with E-state index < -0.39 is 0 Å². The predicted molar refractivity (Wildman–Crippen MR) is 80.3 cm³/mol. The molecule has 1 aromatic carbocycles. The van der Waals surface area contributed by atoms with Gasteiger partial charge in [0.15, 0.2) is 0 Å². The molecule has 1 N–H and O–H groups in total. The summed E-state index contributed by atoms with van der Waals surface area (Å²) in [6, 6.07) is 8.51. The Morgan fingerprint density at radius 2 is 2.17 bits per heavy atom. The van der Waals surface area contributed by atoms with E-state index in [4.69, 9.17) is 0 Å². The maximum absolute atomic E-state index is 4.55. The Labute approximate surface area is 114 Å². The monoisotopic (exact) mass is 274 g/mol. The van der Waals surface area contributed by atoms with Crippen LogP contribution in [0.25, 0.3) is 20.7 Å². The third-order valence-corrected chi connectivity index (χ3v) is 4.81. The number of thiazole rings is 1. The lowest BCUT2D eigenvalue weighted by molar-refractivity contribution is 0.734. The second-order valence-corrected chi connectivity index (χ2v) is 6.08. The molecule has 0 amide bonds. The first-order valence-corrected chi connectivity index (χ1v) is 7.70. The van der Waals surface area contributed by atoms with E-state index in [0.717, 1.165) is 18.1 Å². The third kappa shape index (κ3) is 2.19. The molecule has 3 rings (SSSR count). The second kappa shape index (κ2) is 5.18. The van der Waals surface area contributed by atoms with Crippen LogP contribution in [0.2, 0.25) is 0 Å². The summed E-state index contributed by atoms with van der Waals surface area (Å²) in [4.78, 5) is 5.84. The highest BCUT2D eigenvalue weighted by atomic mass is 32.1. The van der Waals surface area contributed by atoms with Gasteiger partial charge < -0.3 is 5.32 Å². The molecule has 4 heteroatoms. The van der Waals surface area contributed by atoms with Gasteiger partial charge in [-0.15, -0.1) is 22.7 Å². The summed E-state index contributed by atoms with van der Waals surface area (Å²) in [5, 5.41) is 7.98. The Bertz CT molecular complexity index is 654. The van der Waals surface area contributed by atoms with Gasteiger partial charge in [0, 0.05) is 38.6 Å². The Hall–Kier alpha value is -1.23. The van der Waals surface area contributed by atoms with Crippen LogP contribution in [-0.4, -0.2) is 11.5 Å². The topological polar surface area (TPSA) is 24.9 Å². The van der Waals surface area contributed by atoms with E-state index in [1.54, 1.807) is 22.7 Å². The summed E-state index contributed by atoms with van der Waals surface area (Å²) < 4.78 is 1.33. The smallest absolute Gasteiger partial charge is 0.125 e. The van der Waals surface area contributed by atoms with E-state index in [1.807, 2.05) is 6.20 Å². The zero-order valence-corrected chi connectivity index (χ0v) is 11.8. The summed E-state index contributed by atoms with van der Waals surface area (Å²) in [6.45, 7) is 4.03. The van der Waals surface area contributed by atoms with Gasteiger partial charge in [-0.2, -0.15) is 0 Å². The van der Waals surface area contributed by atoms with E-state index in [9.17, 15) is 0 Å². The number of hydrogen-bond donors (Lipinski definition) is 1. The first-order chi connectivity index (χ1) is 8.88. The molecule has 0 aliphatic rings. The van der Waals surface area contributed by atoms with Gasteiger partial charge >= 0.3 is 0 Å². The van der Waals surface area contributed by atoms with Crippen molar-refractivity contribution in [3.05, 3.63) is 40.7 Å². The minimum absolute atomic E-state index is 0.913. The van der Waals surface area contributed by atoms with Crippen LogP contribution < -0.4 is 5.32 Å². The largest absolute Gasteiger partial charge is 0.312 e. The SMILES string of the molecule is CCNCc1cnc(-c2csc3ccccc23)s1. The van der Waals surface area contributed by atoms with Gasteiger partial charge in [0.25, 0.3) is 0 Å². The fraction of sp³-hybridized carbons (Fsp3) is 0.214. The number of hydrogen-bond acceptors (Lipinski definition) is 4. The summed E-state index contributed by atoms with van der Waals surface area (Å²) in [6.07, 6.45) is 1.98. The van der Waals surface area contributed by atoms with Gasteiger partial charge in [-0.25, -0.2) is 4.98 Å². The van der Waals surface area contributed by atoms with E-state index in [2.05, 4.69) is 46.9 Å². The Balaban J connectivity index is 1.96. The molecule has 0 saturated heterocycles. The molecule has 0 aliphatic heterocycles. The number of rotatable bonds is 4. The maximum Gasteiger partial charge on any atom is 0.125 e. The van der Waals surface area contributed by atoms with Crippen LogP contribution in [-0.2, 0) is 6.54 Å². The highest BCUT2D eigenvalue weighted by molar-refractivity contribution is 7.19. The molecular formula is C14H14N2S2. The minimum Gasteiger partial charge on any atom is -0.312 e. The zero-order valence-electron chi connectivity index (χ0n) is 10.1. The van der Waals surface area contributed by atoms with E-state index in [0.29, 0.717) is 0 Å². The van der Waals surface area contributed by atoms with Crippen molar-refractivity contribution in [1.29, 1.82) is 0 Å². The average molecular weight is 274 g/mol. The first kappa shape index (κ1) is 11.8. The van der Waals surface area contributed by atoms with Crippen molar-refractivity contribution in [1.82, 2.24) is 10.3 Å². The third-order valence-electron chi connectivity index (χ3n) is 2.81. The van der Waals surface area contributed by atoms with Crippen molar-refractivity contribution in [3.63, 3.8) is 0 Å². The van der Waals surface area contributed by atoms with Gasteiger partial charge in [0.05, 0.1) is 0 Å². The Morgan fingerprint density at radius 3 is 3.06 bits per heavy atom. The number of nitrogens with zero attached hydrogens (tertiary/aromatic N) is 1. The highest BCUT2D eigenvalue weighted by Gasteiger charge is 2.09. The van der Waals surface area contributed by atoms with Gasteiger partial charge in [-0.3, -0.25) is 0 Å². The maximum atomic E-state index is 4.55. The van der Waals surface area contributed by atoms with Gasteiger partial charge in [0.1, 0.15) is 5.01 Å². The van der Waals surface area contributed by atoms with Crippen molar-refractivity contribution >= 4 is 32.8 Å². The van der Waals surface area contributed by atoms with Crippen LogP contribution in [0.4, 0.5) is 0 Å². The molecule has 0 radical (unpaired) electrons. The Morgan fingerprint density at radius 1 is 1.28 bits per heavy atom. The van der Waals surface area contributed by atoms with Crippen LogP contribution in [0.15, 0.2) is 35.8 Å². The summed E-state index contributed by atoms with van der Waals surface area (Å²) in [7, 11) is 0. The molecule has 92 valence electrons. The number of thiophene rings is 1. The van der Waals surface area contributed by atoms with E-state index in [-0.39, 0.29) is 0 Å². The fourth-order valence-corrected chi connectivity index (χ4v) is 3.84. The van der Waals surface area contributed by atoms with Crippen molar-refractivity contribution in [2.24, 2.45) is 0 Å². The molecule has 0 bridgehead atoms. The van der Waals surface area contributed by atoms with Crippen molar-refractivity contribution in [3.8, 4) is 10.6 Å². The molecule has 18 heavy (non-hydrogen) atoms. The molecule has 2 aromatic heterocycles. The molecular weight excluding hydrogens is 260 g/mol. The summed E-state index contributed by atoms with van der Waals surface area (Å²) >= 11 is 3.57. The number of nitrogens with one attached hydrogen (secondary N) is 1. The molecule has 0 aliphatic carbocycles. The molecule has 2 nitrogen and oxygen atoms in total. The molecule has 2 heterocycles. The Kier molecular flexibility index (Phi) is 3.41. The van der Waals surface area contributed by atoms with E-state index >= 15 is 0 Å². The van der Waals surface area contributed by atoms with Crippen LogP contribution >= 0.6 is 22.7 Å². The molecule has 0 saturated carbocycles. The molecule has 0 fully saturated rings. The molecule has 0 unspecified atom stereocenters. The lowest BCUT2D eigenvalue weighted by atomic mass is 10.2. The fourth-order valence-electron chi connectivity index (χ4n) is 1.91. The second-order valence-electron chi connectivity index (χ2n) is 4.06. The molecule has 0 spiro atoms. The predicted octanol–water partition coefficient (Wildman–Crippen LogP) is 4.13. The quantitative estimate of drug-likeness (QED) is 0.773. The summed E-state index contributed by atoms with van der Waals surface area (Å²) in [5.41, 5.74) is 1.27.